The fraction of sp³-hybridized carbons (Fsp3) is 0.667. The zero-order valence-corrected chi connectivity index (χ0v) is 15.2. The molecule has 1 aromatic rings. The Labute approximate surface area is 144 Å². The van der Waals surface area contributed by atoms with Gasteiger partial charge in [0.25, 0.3) is 0 Å². The highest BCUT2D eigenvalue weighted by Gasteiger charge is 2.13. The average molecular weight is 334 g/mol. The van der Waals surface area contributed by atoms with Gasteiger partial charge in [0.2, 0.25) is 0 Å². The highest BCUT2D eigenvalue weighted by atomic mass is 16.5. The van der Waals surface area contributed by atoms with Crippen LogP contribution in [0.5, 0.6) is 0 Å². The first kappa shape index (κ1) is 18.5. The van der Waals surface area contributed by atoms with Gasteiger partial charge in [0.15, 0.2) is 5.96 Å². The number of aliphatic imine (C=N–C) groups is 1. The lowest BCUT2D eigenvalue weighted by Crippen LogP contribution is -2.38. The molecule has 0 aliphatic carbocycles. The molecule has 0 atom stereocenters. The molecule has 134 valence electrons. The summed E-state index contributed by atoms with van der Waals surface area (Å²) in [4.78, 5) is 4.71. The van der Waals surface area contributed by atoms with Gasteiger partial charge in [-0.2, -0.15) is 0 Å². The summed E-state index contributed by atoms with van der Waals surface area (Å²) in [6.45, 7) is 10.2. The Hall–Kier alpha value is -1.82. The summed E-state index contributed by atoms with van der Waals surface area (Å²) < 4.78 is 10.8. The molecule has 1 aliphatic heterocycles. The van der Waals surface area contributed by atoms with Crippen molar-refractivity contribution in [3.63, 3.8) is 0 Å². The number of hydrogen-bond donors (Lipinski definition) is 2. The van der Waals surface area contributed by atoms with Crippen molar-refractivity contribution in [3.05, 3.63) is 28.7 Å². The molecule has 1 aliphatic rings. The van der Waals surface area contributed by atoms with Gasteiger partial charge in [-0.1, -0.05) is 30.7 Å². The number of rotatable bonds is 8. The van der Waals surface area contributed by atoms with Gasteiger partial charge < -0.3 is 19.9 Å². The maximum Gasteiger partial charge on any atom is 0.191 e. The van der Waals surface area contributed by atoms with Crippen molar-refractivity contribution in [3.8, 4) is 0 Å². The quantitative estimate of drug-likeness (QED) is 0.434. The molecule has 6 nitrogen and oxygen atoms in total. The van der Waals surface area contributed by atoms with Gasteiger partial charge in [-0.15, -0.1) is 0 Å². The van der Waals surface area contributed by atoms with Crippen LogP contribution in [0.2, 0.25) is 0 Å². The number of aryl methyl sites for hydroxylation is 2. The van der Waals surface area contributed by atoms with E-state index in [1.165, 1.54) is 5.57 Å². The smallest absolute Gasteiger partial charge is 0.191 e. The van der Waals surface area contributed by atoms with E-state index in [2.05, 4.69) is 42.6 Å². The molecule has 6 heteroatoms. The fourth-order valence-corrected chi connectivity index (χ4v) is 2.75. The van der Waals surface area contributed by atoms with Crippen LogP contribution in [0.3, 0.4) is 0 Å². The molecule has 24 heavy (non-hydrogen) atoms. The fourth-order valence-electron chi connectivity index (χ4n) is 2.75. The first-order chi connectivity index (χ1) is 11.8. The maximum absolute atomic E-state index is 5.41. The first-order valence-electron chi connectivity index (χ1n) is 9.02. The molecule has 2 heterocycles. The lowest BCUT2D eigenvalue weighted by Gasteiger charge is -2.15. The van der Waals surface area contributed by atoms with Crippen LogP contribution in [0.1, 0.15) is 50.6 Å². The van der Waals surface area contributed by atoms with Crippen molar-refractivity contribution in [2.24, 2.45) is 4.99 Å². The van der Waals surface area contributed by atoms with Crippen LogP contribution in [0.4, 0.5) is 0 Å². The van der Waals surface area contributed by atoms with Crippen LogP contribution in [0, 0.1) is 0 Å². The van der Waals surface area contributed by atoms with Crippen molar-refractivity contribution < 1.29 is 9.26 Å². The van der Waals surface area contributed by atoms with E-state index in [0.29, 0.717) is 6.54 Å². The Morgan fingerprint density at radius 1 is 1.25 bits per heavy atom. The highest BCUT2D eigenvalue weighted by Crippen LogP contribution is 2.16. The SMILES string of the molecule is CCNC(=NCc1c(CC)noc1CC)NCCC1=CCOCC1. The summed E-state index contributed by atoms with van der Waals surface area (Å²) >= 11 is 0. The number of guanidine groups is 1. The normalized spacial score (nSPS) is 15.3. The van der Waals surface area contributed by atoms with Gasteiger partial charge in [0, 0.05) is 25.1 Å². The van der Waals surface area contributed by atoms with E-state index in [1.54, 1.807) is 0 Å². The number of nitrogens with zero attached hydrogens (tertiary/aromatic N) is 2. The predicted octanol–water partition coefficient (Wildman–Crippen LogP) is 2.59. The molecule has 0 spiro atoms. The summed E-state index contributed by atoms with van der Waals surface area (Å²) in [5.41, 5.74) is 3.60. The maximum atomic E-state index is 5.41. The minimum absolute atomic E-state index is 0.599. The molecular weight excluding hydrogens is 304 g/mol. The third-order valence-electron chi connectivity index (χ3n) is 4.14. The van der Waals surface area contributed by atoms with Crippen molar-refractivity contribution in [1.82, 2.24) is 15.8 Å². The number of ether oxygens (including phenoxy) is 1. The molecule has 0 aromatic carbocycles. The van der Waals surface area contributed by atoms with Crippen LogP contribution in [-0.4, -0.2) is 37.4 Å². The van der Waals surface area contributed by atoms with Crippen molar-refractivity contribution in [2.75, 3.05) is 26.3 Å². The molecule has 0 unspecified atom stereocenters. The second-order valence-electron chi connectivity index (χ2n) is 5.80. The van der Waals surface area contributed by atoms with Crippen molar-refractivity contribution in [1.29, 1.82) is 0 Å². The molecule has 0 radical (unpaired) electrons. The van der Waals surface area contributed by atoms with Crippen molar-refractivity contribution in [2.45, 2.75) is 53.0 Å². The second-order valence-corrected chi connectivity index (χ2v) is 5.80. The molecule has 0 amide bonds. The van der Waals surface area contributed by atoms with Gasteiger partial charge in [-0.25, -0.2) is 4.99 Å². The topological polar surface area (TPSA) is 71.7 Å². The van der Waals surface area contributed by atoms with Crippen LogP contribution >= 0.6 is 0 Å². The summed E-state index contributed by atoms with van der Waals surface area (Å²) in [7, 11) is 0. The minimum atomic E-state index is 0.599. The zero-order valence-electron chi connectivity index (χ0n) is 15.2. The van der Waals surface area contributed by atoms with Crippen LogP contribution < -0.4 is 10.6 Å². The third kappa shape index (κ3) is 5.37. The van der Waals surface area contributed by atoms with Gasteiger partial charge in [0.05, 0.1) is 25.5 Å². The van der Waals surface area contributed by atoms with E-state index in [1.807, 2.05) is 0 Å². The minimum Gasteiger partial charge on any atom is -0.377 e. The summed E-state index contributed by atoms with van der Waals surface area (Å²) in [6, 6.07) is 0. The van der Waals surface area contributed by atoms with Crippen molar-refractivity contribution >= 4 is 5.96 Å². The number of nitrogens with one attached hydrogen (secondary N) is 2. The average Bonchev–Trinajstić information content (AvgIpc) is 3.02. The van der Waals surface area contributed by atoms with E-state index >= 15 is 0 Å². The Morgan fingerprint density at radius 3 is 2.79 bits per heavy atom. The molecule has 2 rings (SSSR count). The predicted molar refractivity (Wildman–Crippen MR) is 96.2 cm³/mol. The van der Waals surface area contributed by atoms with E-state index in [0.717, 1.165) is 75.0 Å². The summed E-state index contributed by atoms with van der Waals surface area (Å²) in [6.07, 6.45) is 5.97. The lowest BCUT2D eigenvalue weighted by atomic mass is 10.1. The zero-order chi connectivity index (χ0) is 17.2. The van der Waals surface area contributed by atoms with Crippen LogP contribution in [0.15, 0.2) is 21.2 Å². The lowest BCUT2D eigenvalue weighted by molar-refractivity contribution is 0.153. The molecule has 0 fully saturated rings. The van der Waals surface area contributed by atoms with E-state index in [4.69, 9.17) is 14.3 Å². The number of aromatic nitrogens is 1. The Balaban J connectivity index is 1.92. The molecule has 0 bridgehead atoms. The Kier molecular flexibility index (Phi) is 7.82. The monoisotopic (exact) mass is 334 g/mol. The molecular formula is C18H30N4O2. The van der Waals surface area contributed by atoms with E-state index in [-0.39, 0.29) is 0 Å². The van der Waals surface area contributed by atoms with Crippen LogP contribution in [-0.2, 0) is 24.1 Å². The third-order valence-corrected chi connectivity index (χ3v) is 4.14. The van der Waals surface area contributed by atoms with Gasteiger partial charge in [-0.3, -0.25) is 0 Å². The molecule has 0 saturated heterocycles. The van der Waals surface area contributed by atoms with E-state index < -0.39 is 0 Å². The molecule has 2 N–H and O–H groups in total. The summed E-state index contributed by atoms with van der Waals surface area (Å²) in [5, 5.41) is 10.9. The molecule has 0 saturated carbocycles. The Bertz CT molecular complexity index is 542. The highest BCUT2D eigenvalue weighted by molar-refractivity contribution is 5.79. The molecule has 1 aromatic heterocycles. The first-order valence-corrected chi connectivity index (χ1v) is 9.02. The van der Waals surface area contributed by atoms with Gasteiger partial charge >= 0.3 is 0 Å². The standard InChI is InChI=1S/C18H30N4O2/c1-4-16-15(17(5-2)24-22-16)13-21-18(19-6-3)20-10-7-14-8-11-23-12-9-14/h8H,4-7,9-13H2,1-3H3,(H2,19,20,21). The summed E-state index contributed by atoms with van der Waals surface area (Å²) in [5.74, 6) is 1.79. The van der Waals surface area contributed by atoms with E-state index in [9.17, 15) is 0 Å². The van der Waals surface area contributed by atoms with Gasteiger partial charge in [0.1, 0.15) is 5.76 Å². The van der Waals surface area contributed by atoms with Crippen LogP contribution in [0.25, 0.3) is 0 Å². The van der Waals surface area contributed by atoms with Gasteiger partial charge in [-0.05, 0) is 26.2 Å². The number of hydrogen-bond acceptors (Lipinski definition) is 4. The second kappa shape index (κ2) is 10.1. The largest absolute Gasteiger partial charge is 0.377 e. The Morgan fingerprint density at radius 2 is 2.12 bits per heavy atom.